The Kier molecular flexibility index (Phi) is 8.39. The molecular formula is C24H29F3N8O3. The standard InChI is InChI=1S/C24H29F3N8O3/c1-14-7-18(38-19-10-24(26,27)11-19)8-17(29-14)9-22(36)30-21-6-5-16(31-33-21)4-3-15(25)12-35-13-20(32-34-35)23(37)28-2/h5-8,15,19,34H,3-4,9-13H2,1-2H3,(H,28,37)(H,30,33,36)/t15-/m1/s1. The Morgan fingerprint density at radius 2 is 2.03 bits per heavy atom. The summed E-state index contributed by atoms with van der Waals surface area (Å²) in [6.07, 6.45) is -1.92. The minimum absolute atomic E-state index is 0.0540. The molecule has 2 aromatic heterocycles. The molecule has 1 aliphatic carbocycles. The molecule has 204 valence electrons. The van der Waals surface area contributed by atoms with E-state index in [9.17, 15) is 22.8 Å². The van der Waals surface area contributed by atoms with Crippen LogP contribution in [-0.2, 0) is 22.4 Å². The summed E-state index contributed by atoms with van der Waals surface area (Å²) in [6.45, 7) is 1.99. The van der Waals surface area contributed by atoms with Crippen LogP contribution in [-0.4, -0.2) is 76.1 Å². The van der Waals surface area contributed by atoms with E-state index in [0.29, 0.717) is 29.3 Å². The average Bonchev–Trinajstić information content (AvgIpc) is 3.30. The van der Waals surface area contributed by atoms with E-state index in [2.05, 4.69) is 36.5 Å². The number of hydrazine groups is 1. The molecule has 0 spiro atoms. The Balaban J connectivity index is 1.20. The molecule has 1 aliphatic heterocycles. The molecule has 1 fully saturated rings. The largest absolute Gasteiger partial charge is 0.490 e. The number of hydrogen-bond donors (Lipinski definition) is 3. The van der Waals surface area contributed by atoms with Gasteiger partial charge >= 0.3 is 0 Å². The smallest absolute Gasteiger partial charge is 0.268 e. The first-order valence-corrected chi connectivity index (χ1v) is 12.2. The third-order valence-corrected chi connectivity index (χ3v) is 5.95. The summed E-state index contributed by atoms with van der Waals surface area (Å²) in [5, 5.41) is 18.5. The minimum atomic E-state index is -2.68. The fourth-order valence-electron chi connectivity index (χ4n) is 4.04. The van der Waals surface area contributed by atoms with Gasteiger partial charge in [-0.15, -0.1) is 5.10 Å². The first-order chi connectivity index (χ1) is 18.1. The van der Waals surface area contributed by atoms with E-state index >= 15 is 0 Å². The summed E-state index contributed by atoms with van der Waals surface area (Å²) >= 11 is 0. The van der Waals surface area contributed by atoms with Gasteiger partial charge < -0.3 is 15.4 Å². The maximum Gasteiger partial charge on any atom is 0.268 e. The maximum atomic E-state index is 14.4. The van der Waals surface area contributed by atoms with Crippen molar-refractivity contribution in [1.29, 1.82) is 0 Å². The van der Waals surface area contributed by atoms with E-state index in [-0.39, 0.29) is 62.1 Å². The lowest BCUT2D eigenvalue weighted by atomic mass is 9.91. The number of aryl methyl sites for hydroxylation is 2. The number of carbonyl (C=O) groups excluding carboxylic acids is 2. The number of nitrogens with one attached hydrogen (secondary N) is 3. The lowest BCUT2D eigenvalue weighted by molar-refractivity contribution is -0.134. The van der Waals surface area contributed by atoms with Gasteiger partial charge in [-0.3, -0.25) is 14.6 Å². The van der Waals surface area contributed by atoms with Crippen LogP contribution in [0.2, 0.25) is 0 Å². The molecule has 11 nitrogen and oxygen atoms in total. The van der Waals surface area contributed by atoms with Gasteiger partial charge in [0.15, 0.2) is 5.82 Å². The molecular weight excluding hydrogens is 505 g/mol. The minimum Gasteiger partial charge on any atom is -0.490 e. The molecule has 2 aromatic rings. The molecule has 0 radical (unpaired) electrons. The van der Waals surface area contributed by atoms with Crippen molar-refractivity contribution in [3.63, 3.8) is 0 Å². The molecule has 2 amide bonds. The van der Waals surface area contributed by atoms with Crippen LogP contribution in [0.25, 0.3) is 0 Å². The van der Waals surface area contributed by atoms with Gasteiger partial charge in [0.1, 0.15) is 23.7 Å². The highest BCUT2D eigenvalue weighted by molar-refractivity contribution is 6.39. The monoisotopic (exact) mass is 534 g/mol. The number of pyridine rings is 1. The van der Waals surface area contributed by atoms with Gasteiger partial charge in [0, 0.05) is 37.7 Å². The molecule has 4 rings (SSSR count). The number of anilines is 1. The van der Waals surface area contributed by atoms with E-state index < -0.39 is 18.2 Å². The van der Waals surface area contributed by atoms with Crippen LogP contribution >= 0.6 is 0 Å². The number of carbonyl (C=O) groups is 2. The summed E-state index contributed by atoms with van der Waals surface area (Å²) in [4.78, 5) is 28.3. The number of amides is 2. The number of halogens is 3. The van der Waals surface area contributed by atoms with Gasteiger partial charge in [0.25, 0.3) is 11.8 Å². The molecule has 3 heterocycles. The van der Waals surface area contributed by atoms with Crippen LogP contribution in [0.4, 0.5) is 19.0 Å². The number of alkyl halides is 3. The Hall–Kier alpha value is -3.81. The predicted molar refractivity (Wildman–Crippen MR) is 131 cm³/mol. The molecule has 2 aliphatic rings. The molecule has 1 saturated carbocycles. The van der Waals surface area contributed by atoms with Crippen LogP contribution < -0.4 is 20.9 Å². The highest BCUT2D eigenvalue weighted by Gasteiger charge is 2.47. The molecule has 3 N–H and O–H groups in total. The first kappa shape index (κ1) is 27.2. The number of rotatable bonds is 11. The van der Waals surface area contributed by atoms with Crippen molar-refractivity contribution < 1.29 is 27.5 Å². The second kappa shape index (κ2) is 11.7. The SMILES string of the molecule is CNC(=O)C1=NNN(C[C@H](F)CCc2ccc(NC(=O)Cc3cc(OC4CC(F)(F)C4)cc(C)n3)nn2)C1. The van der Waals surface area contributed by atoms with Gasteiger partial charge in [-0.05, 0) is 31.9 Å². The normalized spacial score (nSPS) is 17.7. The molecule has 38 heavy (non-hydrogen) atoms. The molecule has 0 aromatic carbocycles. The number of hydrogen-bond acceptors (Lipinski definition) is 9. The fraction of sp³-hybridized carbons (Fsp3) is 0.500. The third-order valence-electron chi connectivity index (χ3n) is 5.95. The van der Waals surface area contributed by atoms with Crippen molar-refractivity contribution in [2.75, 3.05) is 25.5 Å². The van der Waals surface area contributed by atoms with Crippen LogP contribution in [0.5, 0.6) is 5.75 Å². The highest BCUT2D eigenvalue weighted by Crippen LogP contribution is 2.39. The second-order valence-electron chi connectivity index (χ2n) is 9.33. The molecule has 0 unspecified atom stereocenters. The molecule has 0 saturated heterocycles. The first-order valence-electron chi connectivity index (χ1n) is 12.2. The van der Waals surface area contributed by atoms with Crippen LogP contribution in [0.1, 0.15) is 36.3 Å². The van der Waals surface area contributed by atoms with E-state index in [4.69, 9.17) is 4.74 Å². The Morgan fingerprint density at radius 1 is 1.24 bits per heavy atom. The fourth-order valence-corrected chi connectivity index (χ4v) is 4.04. The van der Waals surface area contributed by atoms with Crippen LogP contribution in [0.15, 0.2) is 29.4 Å². The van der Waals surface area contributed by atoms with Gasteiger partial charge in [-0.2, -0.15) is 15.2 Å². The maximum absolute atomic E-state index is 14.4. The molecule has 14 heteroatoms. The van der Waals surface area contributed by atoms with E-state index in [1.54, 1.807) is 31.2 Å². The van der Waals surface area contributed by atoms with Crippen molar-refractivity contribution in [2.24, 2.45) is 5.10 Å². The topological polar surface area (TPSA) is 134 Å². The Labute approximate surface area is 217 Å². The zero-order chi connectivity index (χ0) is 27.3. The van der Waals surface area contributed by atoms with Crippen molar-refractivity contribution >= 4 is 23.3 Å². The number of ether oxygens (including phenoxy) is 1. The van der Waals surface area contributed by atoms with E-state index in [1.165, 1.54) is 12.1 Å². The predicted octanol–water partition coefficient (Wildman–Crippen LogP) is 1.73. The zero-order valence-electron chi connectivity index (χ0n) is 21.0. The Bertz CT molecular complexity index is 1190. The van der Waals surface area contributed by atoms with Crippen molar-refractivity contribution in [3.05, 3.63) is 41.3 Å². The summed E-state index contributed by atoms with van der Waals surface area (Å²) in [7, 11) is 1.50. The second-order valence-corrected chi connectivity index (χ2v) is 9.33. The average molecular weight is 535 g/mol. The highest BCUT2D eigenvalue weighted by atomic mass is 19.3. The lowest BCUT2D eigenvalue weighted by Gasteiger charge is -2.34. The van der Waals surface area contributed by atoms with Crippen LogP contribution in [0, 0.1) is 6.92 Å². The van der Waals surface area contributed by atoms with Crippen LogP contribution in [0.3, 0.4) is 0 Å². The third kappa shape index (κ3) is 7.60. The lowest BCUT2D eigenvalue weighted by Crippen LogP contribution is -2.43. The summed E-state index contributed by atoms with van der Waals surface area (Å²) < 4.78 is 46.1. The number of hydrazone groups is 1. The zero-order valence-corrected chi connectivity index (χ0v) is 21.0. The molecule has 1 atom stereocenters. The molecule has 0 bridgehead atoms. The van der Waals surface area contributed by atoms with E-state index in [1.807, 2.05) is 0 Å². The van der Waals surface area contributed by atoms with Crippen molar-refractivity contribution in [2.45, 2.75) is 57.2 Å². The summed E-state index contributed by atoms with van der Waals surface area (Å²) in [5.41, 5.74) is 4.52. The van der Waals surface area contributed by atoms with E-state index in [0.717, 1.165) is 0 Å². The van der Waals surface area contributed by atoms with Gasteiger partial charge in [0.05, 0.1) is 30.9 Å². The van der Waals surface area contributed by atoms with Crippen molar-refractivity contribution in [3.8, 4) is 5.75 Å². The summed E-state index contributed by atoms with van der Waals surface area (Å²) in [5.74, 6) is -2.75. The van der Waals surface area contributed by atoms with Crippen molar-refractivity contribution in [1.82, 2.24) is 31.0 Å². The Morgan fingerprint density at radius 3 is 2.71 bits per heavy atom. The van der Waals surface area contributed by atoms with Gasteiger partial charge in [-0.25, -0.2) is 18.7 Å². The number of aromatic nitrogens is 3. The van der Waals surface area contributed by atoms with Gasteiger partial charge in [0.2, 0.25) is 5.91 Å². The van der Waals surface area contributed by atoms with Gasteiger partial charge in [-0.1, -0.05) is 0 Å². The summed E-state index contributed by atoms with van der Waals surface area (Å²) in [6, 6.07) is 6.44. The number of nitrogens with zero attached hydrogens (tertiary/aromatic N) is 5. The quantitative estimate of drug-likeness (QED) is 0.397.